The Labute approximate surface area is 455 Å². The van der Waals surface area contributed by atoms with E-state index in [-0.39, 0.29) is 35.9 Å². The number of esters is 8. The molecule has 3 saturated heterocycles. The van der Waals surface area contributed by atoms with Crippen LogP contribution >= 0.6 is 0 Å². The fourth-order valence-corrected chi connectivity index (χ4v) is 16.7. The third-order valence-electron chi connectivity index (χ3n) is 19.4. The Balaban J connectivity index is 1.23. The monoisotopic (exact) mass is 1110 g/mol. The van der Waals surface area contributed by atoms with E-state index < -0.39 is 161 Å². The molecule has 2 spiro atoms. The van der Waals surface area contributed by atoms with Gasteiger partial charge in [0.05, 0.1) is 36.6 Å². The molecule has 3 heterocycles. The van der Waals surface area contributed by atoms with Crippen LogP contribution in [0.3, 0.4) is 0 Å². The van der Waals surface area contributed by atoms with Crippen molar-refractivity contribution in [3.63, 3.8) is 0 Å². The van der Waals surface area contributed by atoms with Crippen molar-refractivity contribution in [2.45, 2.75) is 246 Å². The van der Waals surface area contributed by atoms with Crippen molar-refractivity contribution in [1.82, 2.24) is 0 Å². The normalized spacial score (nSPS) is 43.1. The van der Waals surface area contributed by atoms with Crippen molar-refractivity contribution in [1.29, 1.82) is 0 Å². The zero-order chi connectivity index (χ0) is 57.4. The van der Waals surface area contributed by atoms with Crippen LogP contribution in [0.1, 0.15) is 155 Å². The van der Waals surface area contributed by atoms with Gasteiger partial charge in [-0.1, -0.05) is 27.7 Å². The predicted octanol–water partition coefficient (Wildman–Crippen LogP) is 4.90. The molecule has 0 aromatic heterocycles. The molecule has 8 fully saturated rings. The van der Waals surface area contributed by atoms with Gasteiger partial charge < -0.3 is 66.7 Å². The molecule has 5 aliphatic carbocycles. The minimum atomic E-state index is -1.52. The van der Waals surface area contributed by atoms with Gasteiger partial charge in [-0.3, -0.25) is 38.4 Å². The Hall–Kier alpha value is -4.48. The summed E-state index contributed by atoms with van der Waals surface area (Å²) >= 11 is 0. The summed E-state index contributed by atoms with van der Waals surface area (Å²) in [6, 6.07) is 0. The summed E-state index contributed by atoms with van der Waals surface area (Å²) in [5.74, 6) is -6.25. The predicted molar refractivity (Wildman–Crippen MR) is 266 cm³/mol. The minimum absolute atomic E-state index is 0.0869. The first kappa shape index (κ1) is 59.6. The van der Waals surface area contributed by atoms with Crippen molar-refractivity contribution in [3.05, 3.63) is 0 Å². The minimum Gasteiger partial charge on any atom is -0.463 e. The van der Waals surface area contributed by atoms with Gasteiger partial charge in [-0.05, 0) is 111 Å². The number of ether oxygens (including phenoxy) is 13. The molecular weight excluding hydrogens is 1020 g/mol. The molecule has 78 heavy (non-hydrogen) atoms. The average molecular weight is 1110 g/mol. The van der Waals surface area contributed by atoms with Crippen LogP contribution < -0.4 is 0 Å². The first-order valence-corrected chi connectivity index (χ1v) is 27.6. The van der Waals surface area contributed by atoms with E-state index in [1.54, 1.807) is 13.8 Å². The maximum absolute atomic E-state index is 13.2. The van der Waals surface area contributed by atoms with Gasteiger partial charge in [-0.15, -0.1) is 0 Å². The third-order valence-corrected chi connectivity index (χ3v) is 19.4. The Bertz CT molecular complexity index is 2350. The summed E-state index contributed by atoms with van der Waals surface area (Å²) in [5, 5.41) is 11.1. The number of carbonyl (C=O) groups excluding carboxylic acids is 8. The van der Waals surface area contributed by atoms with E-state index in [4.69, 9.17) is 61.6 Å². The molecule has 0 bridgehead atoms. The Morgan fingerprint density at radius 2 is 1.10 bits per heavy atom. The van der Waals surface area contributed by atoms with Crippen LogP contribution in [0.25, 0.3) is 0 Å². The molecule has 21 unspecified atom stereocenters. The highest BCUT2D eigenvalue weighted by atomic mass is 16.7. The van der Waals surface area contributed by atoms with Crippen molar-refractivity contribution in [3.8, 4) is 0 Å². The maximum Gasteiger partial charge on any atom is 0.303 e. The highest BCUT2D eigenvalue weighted by Gasteiger charge is 2.85. The average Bonchev–Trinajstić information content (AvgIpc) is 3.82. The molecule has 22 heteroatoms. The molecule has 8 rings (SSSR count). The highest BCUT2D eigenvalue weighted by Crippen LogP contribution is 2.89. The first-order valence-electron chi connectivity index (χ1n) is 27.6. The van der Waals surface area contributed by atoms with Gasteiger partial charge in [0.2, 0.25) is 0 Å². The Morgan fingerprint density at radius 1 is 0.551 bits per heavy atom. The molecule has 3 aliphatic heterocycles. The summed E-state index contributed by atoms with van der Waals surface area (Å²) in [7, 11) is 0. The molecule has 0 amide bonds. The van der Waals surface area contributed by atoms with E-state index in [0.717, 1.165) is 33.1 Å². The van der Waals surface area contributed by atoms with Crippen LogP contribution in [0.5, 0.6) is 0 Å². The van der Waals surface area contributed by atoms with Crippen LogP contribution in [0.2, 0.25) is 0 Å². The van der Waals surface area contributed by atoms with Crippen LogP contribution in [0.4, 0.5) is 0 Å². The van der Waals surface area contributed by atoms with E-state index in [1.807, 2.05) is 0 Å². The zero-order valence-corrected chi connectivity index (χ0v) is 47.6. The van der Waals surface area contributed by atoms with Gasteiger partial charge in [0.25, 0.3) is 0 Å². The molecule has 22 nitrogen and oxygen atoms in total. The van der Waals surface area contributed by atoms with Crippen molar-refractivity contribution in [2.24, 2.45) is 44.8 Å². The summed E-state index contributed by atoms with van der Waals surface area (Å²) in [4.78, 5) is 102. The number of hydrogen-bond acceptors (Lipinski definition) is 22. The lowest BCUT2D eigenvalue weighted by atomic mass is 9.41. The molecule has 0 aromatic carbocycles. The number of carbonyl (C=O) groups is 8. The lowest BCUT2D eigenvalue weighted by Gasteiger charge is -2.65. The van der Waals surface area contributed by atoms with Gasteiger partial charge in [-0.25, -0.2) is 0 Å². The van der Waals surface area contributed by atoms with E-state index in [9.17, 15) is 43.5 Å². The van der Waals surface area contributed by atoms with Crippen molar-refractivity contribution in [2.75, 3.05) is 13.2 Å². The van der Waals surface area contributed by atoms with E-state index in [2.05, 4.69) is 27.7 Å². The Kier molecular flexibility index (Phi) is 16.6. The van der Waals surface area contributed by atoms with Gasteiger partial charge in [0.1, 0.15) is 18.8 Å². The van der Waals surface area contributed by atoms with E-state index in [1.165, 1.54) is 41.5 Å². The lowest BCUT2D eigenvalue weighted by molar-refractivity contribution is -0.341. The Morgan fingerprint density at radius 3 is 1.67 bits per heavy atom. The topological polar surface area (TPSA) is 277 Å². The lowest BCUT2D eigenvalue weighted by Crippen LogP contribution is -2.66. The molecule has 0 radical (unpaired) electrons. The van der Waals surface area contributed by atoms with Gasteiger partial charge >= 0.3 is 47.8 Å². The smallest absolute Gasteiger partial charge is 0.303 e. The van der Waals surface area contributed by atoms with Crippen molar-refractivity contribution >= 4 is 47.8 Å². The summed E-state index contributed by atoms with van der Waals surface area (Å²) in [6.45, 7) is 21.2. The largest absolute Gasteiger partial charge is 0.463 e. The van der Waals surface area contributed by atoms with E-state index >= 15 is 0 Å². The van der Waals surface area contributed by atoms with Crippen LogP contribution in [-0.4, -0.2) is 158 Å². The highest BCUT2D eigenvalue weighted by molar-refractivity contribution is 5.70. The fraction of sp³-hybridized carbons (Fsp3) is 0.857. The van der Waals surface area contributed by atoms with Crippen LogP contribution in [-0.2, 0) is 99.9 Å². The standard InChI is InChI=1S/C56H82O22/c1-26(57)66-23-38-43(70-29(4)60)45(72-31(6)62)47(74-33(8)64)50(77-38)76-35-21-39-54(14)22-36(68-27(2)58)42(34-15-16-41(75-34)52(11,12)65)53(54,13)19-20-55(39)25-56(55)18-17-40(51(9,10)48(35)56)78-49-46(73-32(7)63)44(71-30(5)61)37(24-67-49)69-28(3)59/h34-50,65H,15-25H2,1-14H3. The second kappa shape index (κ2) is 21.8. The second-order valence-corrected chi connectivity index (χ2v) is 25.1. The summed E-state index contributed by atoms with van der Waals surface area (Å²) in [5.41, 5.74) is -3.62. The third kappa shape index (κ3) is 10.9. The van der Waals surface area contributed by atoms with Gasteiger partial charge in [0.15, 0.2) is 49.2 Å². The molecule has 21 atom stereocenters. The van der Waals surface area contributed by atoms with Crippen LogP contribution in [0.15, 0.2) is 0 Å². The summed E-state index contributed by atoms with van der Waals surface area (Å²) in [6.07, 6.45) is -9.27. The van der Waals surface area contributed by atoms with Gasteiger partial charge in [-0.2, -0.15) is 0 Å². The molecule has 1 N–H and O–H groups in total. The maximum atomic E-state index is 13.2. The van der Waals surface area contributed by atoms with E-state index in [0.29, 0.717) is 38.5 Å². The molecule has 0 aromatic rings. The molecule has 438 valence electrons. The number of aliphatic hydroxyl groups is 1. The molecule has 8 aliphatic rings. The number of fused-ring (bicyclic) bond motifs is 2. The zero-order valence-electron chi connectivity index (χ0n) is 47.6. The quantitative estimate of drug-likeness (QED) is 0.130. The SMILES string of the molecule is CC(=O)OCC1OC(OC2CC3C4(C)CC(OC(C)=O)C(C5CCC(C(C)(C)O)O5)C4(C)CCC34CC43CCC(OC4OCC(OC(C)=O)C(OC(C)=O)C4OC(C)=O)C(C)(C)C23)C(OC(C)=O)C(OC(C)=O)C1OC(C)=O. The second-order valence-electron chi connectivity index (χ2n) is 25.1. The van der Waals surface area contributed by atoms with Crippen LogP contribution in [0, 0.1) is 44.8 Å². The number of hydrogen-bond donors (Lipinski definition) is 1. The number of rotatable bonds is 15. The first-order chi connectivity index (χ1) is 36.3. The fourth-order valence-electron chi connectivity index (χ4n) is 16.7. The van der Waals surface area contributed by atoms with Gasteiger partial charge in [0, 0.05) is 61.3 Å². The van der Waals surface area contributed by atoms with Crippen molar-refractivity contribution < 1.29 is 105 Å². The molecule has 5 saturated carbocycles. The molecular formula is C56H82O22. The summed E-state index contributed by atoms with van der Waals surface area (Å²) < 4.78 is 80.5.